The number of carbonyl (C=O) groups excluding carboxylic acids is 1. The molecule has 3 nitrogen and oxygen atoms in total. The molecule has 2 aromatic rings. The highest BCUT2D eigenvalue weighted by Crippen LogP contribution is 2.35. The Morgan fingerprint density at radius 3 is 2.17 bits per heavy atom. The molecule has 0 bridgehead atoms. The maximum absolute atomic E-state index is 13.1. The van der Waals surface area contributed by atoms with E-state index in [1.807, 2.05) is 55.5 Å². The number of hydrogen-bond acceptors (Lipinski definition) is 2. The zero-order valence-corrected chi connectivity index (χ0v) is 13.5. The van der Waals surface area contributed by atoms with Gasteiger partial charge in [0.25, 0.3) is 0 Å². The number of nitrogens with one attached hydrogen (secondary N) is 1. The van der Waals surface area contributed by atoms with Crippen LogP contribution in [-0.2, 0) is 14.9 Å². The topological polar surface area (TPSA) is 38.3 Å². The van der Waals surface area contributed by atoms with Crippen molar-refractivity contribution in [1.82, 2.24) is 5.32 Å². The smallest absolute Gasteiger partial charge is 0.231 e. The molecule has 1 saturated heterocycles. The molecule has 23 heavy (non-hydrogen) atoms. The van der Waals surface area contributed by atoms with Crippen molar-refractivity contribution >= 4 is 5.91 Å². The standard InChI is InChI=1S/C20H23NO2/c1-16(17-8-4-2-5-9-17)21-19(22)20(12-14-23-15-13-20)18-10-6-3-7-11-18/h2-11,16H,12-15H2,1H3,(H,21,22)/t16-/m1/s1. The summed E-state index contributed by atoms with van der Waals surface area (Å²) < 4.78 is 5.51. The van der Waals surface area contributed by atoms with Gasteiger partial charge in [-0.05, 0) is 30.9 Å². The monoisotopic (exact) mass is 309 g/mol. The van der Waals surface area contributed by atoms with E-state index in [9.17, 15) is 4.79 Å². The van der Waals surface area contributed by atoms with E-state index >= 15 is 0 Å². The van der Waals surface area contributed by atoms with Crippen molar-refractivity contribution in [1.29, 1.82) is 0 Å². The molecule has 1 aliphatic heterocycles. The first kappa shape index (κ1) is 15.8. The Balaban J connectivity index is 1.84. The van der Waals surface area contributed by atoms with E-state index in [4.69, 9.17) is 4.74 Å². The van der Waals surface area contributed by atoms with E-state index in [1.54, 1.807) is 0 Å². The first-order valence-corrected chi connectivity index (χ1v) is 8.21. The van der Waals surface area contributed by atoms with Gasteiger partial charge in [0.1, 0.15) is 0 Å². The van der Waals surface area contributed by atoms with Crippen LogP contribution in [0.25, 0.3) is 0 Å². The Kier molecular flexibility index (Phi) is 4.77. The average Bonchev–Trinajstić information content (AvgIpc) is 2.63. The Morgan fingerprint density at radius 2 is 1.57 bits per heavy atom. The third-order valence-electron chi connectivity index (χ3n) is 4.75. The van der Waals surface area contributed by atoms with Gasteiger partial charge in [0.15, 0.2) is 0 Å². The first-order chi connectivity index (χ1) is 11.2. The second-order valence-electron chi connectivity index (χ2n) is 6.17. The van der Waals surface area contributed by atoms with Gasteiger partial charge in [-0.25, -0.2) is 0 Å². The second-order valence-corrected chi connectivity index (χ2v) is 6.17. The van der Waals surface area contributed by atoms with Crippen LogP contribution in [0.3, 0.4) is 0 Å². The summed E-state index contributed by atoms with van der Waals surface area (Å²) in [7, 11) is 0. The lowest BCUT2D eigenvalue weighted by molar-refractivity contribution is -0.131. The number of hydrogen-bond donors (Lipinski definition) is 1. The van der Waals surface area contributed by atoms with Crippen LogP contribution >= 0.6 is 0 Å². The zero-order chi connectivity index (χ0) is 16.1. The Bertz CT molecular complexity index is 633. The second kappa shape index (κ2) is 6.97. The van der Waals surface area contributed by atoms with Crippen molar-refractivity contribution in [2.24, 2.45) is 0 Å². The van der Waals surface area contributed by atoms with Crippen molar-refractivity contribution in [2.75, 3.05) is 13.2 Å². The molecular formula is C20H23NO2. The van der Waals surface area contributed by atoms with Gasteiger partial charge in [0, 0.05) is 13.2 Å². The van der Waals surface area contributed by atoms with Gasteiger partial charge in [-0.15, -0.1) is 0 Å². The van der Waals surface area contributed by atoms with Crippen LogP contribution in [0.1, 0.15) is 36.9 Å². The zero-order valence-electron chi connectivity index (χ0n) is 13.5. The SMILES string of the molecule is C[C@@H](NC(=O)C1(c2ccccc2)CCOCC1)c1ccccc1. The van der Waals surface area contributed by atoms with E-state index in [-0.39, 0.29) is 11.9 Å². The van der Waals surface area contributed by atoms with Crippen molar-refractivity contribution in [3.8, 4) is 0 Å². The molecule has 0 aliphatic carbocycles. The average molecular weight is 309 g/mol. The summed E-state index contributed by atoms with van der Waals surface area (Å²) in [6.07, 6.45) is 1.45. The van der Waals surface area contributed by atoms with Gasteiger partial charge in [-0.3, -0.25) is 4.79 Å². The lowest BCUT2D eigenvalue weighted by Crippen LogP contribution is -2.48. The quantitative estimate of drug-likeness (QED) is 0.937. The van der Waals surface area contributed by atoms with Gasteiger partial charge in [-0.1, -0.05) is 60.7 Å². The maximum atomic E-state index is 13.1. The van der Waals surface area contributed by atoms with Gasteiger partial charge in [0.05, 0.1) is 11.5 Å². The molecule has 1 atom stereocenters. The minimum atomic E-state index is -0.484. The van der Waals surface area contributed by atoms with Crippen molar-refractivity contribution in [2.45, 2.75) is 31.2 Å². The minimum Gasteiger partial charge on any atom is -0.381 e. The van der Waals surface area contributed by atoms with Gasteiger partial charge in [-0.2, -0.15) is 0 Å². The third kappa shape index (κ3) is 3.30. The lowest BCUT2D eigenvalue weighted by atomic mass is 9.73. The summed E-state index contributed by atoms with van der Waals surface area (Å²) in [5.74, 6) is 0.100. The molecule has 1 heterocycles. The molecule has 1 N–H and O–H groups in total. The van der Waals surface area contributed by atoms with E-state index in [2.05, 4.69) is 17.4 Å². The Labute approximate surface area is 137 Å². The summed E-state index contributed by atoms with van der Waals surface area (Å²) in [5.41, 5.74) is 1.72. The van der Waals surface area contributed by atoms with Crippen molar-refractivity contribution < 1.29 is 9.53 Å². The molecule has 3 rings (SSSR count). The summed E-state index contributed by atoms with van der Waals surface area (Å²) in [4.78, 5) is 13.1. The van der Waals surface area contributed by atoms with Crippen LogP contribution in [0.2, 0.25) is 0 Å². The number of amides is 1. The number of carbonyl (C=O) groups is 1. The molecule has 2 aromatic carbocycles. The molecule has 1 amide bonds. The predicted octanol–water partition coefficient (Wildman–Crippen LogP) is 3.61. The fraction of sp³-hybridized carbons (Fsp3) is 0.350. The van der Waals surface area contributed by atoms with E-state index in [0.717, 1.165) is 24.0 Å². The molecule has 1 aliphatic rings. The van der Waals surface area contributed by atoms with Gasteiger partial charge >= 0.3 is 0 Å². The van der Waals surface area contributed by atoms with Crippen LogP contribution in [0, 0.1) is 0 Å². The minimum absolute atomic E-state index is 0.00729. The molecule has 0 radical (unpaired) electrons. The first-order valence-electron chi connectivity index (χ1n) is 8.21. The largest absolute Gasteiger partial charge is 0.381 e. The number of rotatable bonds is 4. The molecule has 0 aromatic heterocycles. The molecule has 0 unspecified atom stereocenters. The van der Waals surface area contributed by atoms with E-state index in [1.165, 1.54) is 0 Å². The molecule has 3 heteroatoms. The van der Waals surface area contributed by atoms with Gasteiger partial charge < -0.3 is 10.1 Å². The van der Waals surface area contributed by atoms with E-state index in [0.29, 0.717) is 13.2 Å². The summed E-state index contributed by atoms with van der Waals surface area (Å²) in [5, 5.41) is 3.21. The Morgan fingerprint density at radius 1 is 1.00 bits per heavy atom. The number of benzene rings is 2. The van der Waals surface area contributed by atoms with Crippen LogP contribution in [0.4, 0.5) is 0 Å². The van der Waals surface area contributed by atoms with Crippen LogP contribution < -0.4 is 5.32 Å². The summed E-state index contributed by atoms with van der Waals surface area (Å²) >= 11 is 0. The third-order valence-corrected chi connectivity index (χ3v) is 4.75. The molecule has 120 valence electrons. The van der Waals surface area contributed by atoms with Gasteiger partial charge in [0.2, 0.25) is 5.91 Å². The van der Waals surface area contributed by atoms with Crippen LogP contribution in [0.5, 0.6) is 0 Å². The molecule has 0 spiro atoms. The highest BCUT2D eigenvalue weighted by atomic mass is 16.5. The maximum Gasteiger partial charge on any atom is 0.231 e. The van der Waals surface area contributed by atoms with Crippen molar-refractivity contribution in [3.63, 3.8) is 0 Å². The fourth-order valence-corrected chi connectivity index (χ4v) is 3.28. The lowest BCUT2D eigenvalue weighted by Gasteiger charge is -2.37. The molecule has 0 saturated carbocycles. The molecular weight excluding hydrogens is 286 g/mol. The predicted molar refractivity (Wildman–Crippen MR) is 91.2 cm³/mol. The van der Waals surface area contributed by atoms with Crippen molar-refractivity contribution in [3.05, 3.63) is 71.8 Å². The summed E-state index contributed by atoms with van der Waals surface area (Å²) in [6.45, 7) is 3.29. The highest BCUT2D eigenvalue weighted by molar-refractivity contribution is 5.88. The van der Waals surface area contributed by atoms with E-state index < -0.39 is 5.41 Å². The summed E-state index contributed by atoms with van der Waals surface area (Å²) in [6, 6.07) is 20.2. The fourth-order valence-electron chi connectivity index (χ4n) is 3.28. The normalized spacial score (nSPS) is 18.1. The number of ether oxygens (including phenoxy) is 1. The molecule has 1 fully saturated rings. The van der Waals surface area contributed by atoms with Crippen LogP contribution in [-0.4, -0.2) is 19.1 Å². The Hall–Kier alpha value is -2.13. The van der Waals surface area contributed by atoms with Crippen LogP contribution in [0.15, 0.2) is 60.7 Å². The highest BCUT2D eigenvalue weighted by Gasteiger charge is 2.41.